The van der Waals surface area contributed by atoms with E-state index in [-0.39, 0.29) is 12.5 Å². The molecule has 0 aromatic carbocycles. The van der Waals surface area contributed by atoms with Crippen molar-refractivity contribution in [2.75, 3.05) is 13.2 Å². The predicted octanol–water partition coefficient (Wildman–Crippen LogP) is -0.791. The lowest BCUT2D eigenvalue weighted by Gasteiger charge is -2.32. The number of carbonyl (C=O) groups excluding carboxylic acids is 1. The summed E-state index contributed by atoms with van der Waals surface area (Å²) in [6.07, 6.45) is 1.08. The van der Waals surface area contributed by atoms with Crippen molar-refractivity contribution in [1.29, 1.82) is 0 Å². The third-order valence-corrected chi connectivity index (χ3v) is 3.80. The number of aliphatic hydroxyl groups excluding tert-OH is 2. The van der Waals surface area contributed by atoms with E-state index in [1.54, 1.807) is 17.0 Å². The van der Waals surface area contributed by atoms with Crippen molar-refractivity contribution >= 4 is 17.1 Å². The van der Waals surface area contributed by atoms with Gasteiger partial charge in [-0.15, -0.1) is 0 Å². The Hall–Kier alpha value is -2.03. The Kier molecular flexibility index (Phi) is 4.06. The maximum Gasteiger partial charge on any atom is 0.253 e. The molecule has 0 spiro atoms. The number of imidazole rings is 1. The predicted molar refractivity (Wildman–Crippen MR) is 77.2 cm³/mol. The van der Waals surface area contributed by atoms with E-state index in [9.17, 15) is 15.0 Å². The van der Waals surface area contributed by atoms with Crippen LogP contribution in [0.1, 0.15) is 16.8 Å². The van der Waals surface area contributed by atoms with Crippen LogP contribution in [0.4, 0.5) is 0 Å². The fraction of sp³-hybridized carbons (Fsp3) is 0.500. The molecular formula is C14H18N4O4. The van der Waals surface area contributed by atoms with Gasteiger partial charge in [0.05, 0.1) is 18.0 Å². The number of amides is 1. The third kappa shape index (κ3) is 2.80. The third-order valence-electron chi connectivity index (χ3n) is 3.80. The molecule has 3 heterocycles. The van der Waals surface area contributed by atoms with Gasteiger partial charge in [0, 0.05) is 26.4 Å². The summed E-state index contributed by atoms with van der Waals surface area (Å²) in [6.45, 7) is 0.484. The van der Waals surface area contributed by atoms with E-state index in [0.29, 0.717) is 29.8 Å². The molecule has 1 aliphatic rings. The van der Waals surface area contributed by atoms with Crippen LogP contribution < -0.4 is 5.32 Å². The highest BCUT2D eigenvalue weighted by Gasteiger charge is 2.31. The Morgan fingerprint density at radius 3 is 3.14 bits per heavy atom. The van der Waals surface area contributed by atoms with E-state index in [1.807, 2.05) is 7.05 Å². The number of carbonyl (C=O) groups is 1. The second kappa shape index (κ2) is 5.99. The zero-order valence-electron chi connectivity index (χ0n) is 12.1. The van der Waals surface area contributed by atoms with Gasteiger partial charge < -0.3 is 24.8 Å². The summed E-state index contributed by atoms with van der Waals surface area (Å²) < 4.78 is 7.13. The summed E-state index contributed by atoms with van der Waals surface area (Å²) >= 11 is 0. The topological polar surface area (TPSA) is 110 Å². The SMILES string of the molecule is Cn1cnc2cc(C(=O)NCC3OCCC(O)C3O)cnc21. The average molecular weight is 306 g/mol. The lowest BCUT2D eigenvalue weighted by molar-refractivity contribution is -0.132. The van der Waals surface area contributed by atoms with Crippen molar-refractivity contribution in [2.24, 2.45) is 7.05 Å². The molecule has 118 valence electrons. The van der Waals surface area contributed by atoms with Crippen LogP contribution in [0.15, 0.2) is 18.6 Å². The molecule has 0 bridgehead atoms. The Morgan fingerprint density at radius 2 is 2.32 bits per heavy atom. The van der Waals surface area contributed by atoms with Crippen LogP contribution in [0, 0.1) is 0 Å². The van der Waals surface area contributed by atoms with E-state index in [2.05, 4.69) is 15.3 Å². The Bertz CT molecular complexity index is 687. The number of ether oxygens (including phenoxy) is 1. The number of hydrogen-bond acceptors (Lipinski definition) is 6. The molecule has 8 heteroatoms. The van der Waals surface area contributed by atoms with E-state index in [4.69, 9.17) is 4.74 Å². The molecule has 3 rings (SSSR count). The van der Waals surface area contributed by atoms with Crippen molar-refractivity contribution in [3.63, 3.8) is 0 Å². The summed E-state index contributed by atoms with van der Waals surface area (Å²) in [4.78, 5) is 20.5. The van der Waals surface area contributed by atoms with Crippen molar-refractivity contribution in [3.8, 4) is 0 Å². The zero-order chi connectivity index (χ0) is 15.7. The average Bonchev–Trinajstić information content (AvgIpc) is 2.89. The second-order valence-electron chi connectivity index (χ2n) is 5.39. The summed E-state index contributed by atoms with van der Waals surface area (Å²) in [6, 6.07) is 1.66. The quantitative estimate of drug-likeness (QED) is 0.685. The minimum Gasteiger partial charge on any atom is -0.390 e. The Balaban J connectivity index is 1.65. The number of rotatable bonds is 3. The zero-order valence-corrected chi connectivity index (χ0v) is 12.1. The molecule has 0 aliphatic carbocycles. The maximum atomic E-state index is 12.1. The summed E-state index contributed by atoms with van der Waals surface area (Å²) in [5, 5.41) is 22.1. The molecular weight excluding hydrogens is 288 g/mol. The molecule has 1 amide bonds. The van der Waals surface area contributed by atoms with Gasteiger partial charge in [-0.25, -0.2) is 9.97 Å². The smallest absolute Gasteiger partial charge is 0.253 e. The van der Waals surface area contributed by atoms with Crippen LogP contribution in [0.5, 0.6) is 0 Å². The lowest BCUT2D eigenvalue weighted by Crippen LogP contribution is -2.49. The molecule has 1 fully saturated rings. The molecule has 3 atom stereocenters. The first-order valence-corrected chi connectivity index (χ1v) is 7.09. The van der Waals surface area contributed by atoms with Crippen LogP contribution in [0.2, 0.25) is 0 Å². The first-order valence-electron chi connectivity index (χ1n) is 7.09. The van der Waals surface area contributed by atoms with Gasteiger partial charge in [0.2, 0.25) is 0 Å². The minimum absolute atomic E-state index is 0.122. The van der Waals surface area contributed by atoms with Gasteiger partial charge in [0.25, 0.3) is 5.91 Å². The maximum absolute atomic E-state index is 12.1. The first-order chi connectivity index (χ1) is 10.6. The fourth-order valence-corrected chi connectivity index (χ4v) is 2.47. The van der Waals surface area contributed by atoms with Crippen LogP contribution in [-0.2, 0) is 11.8 Å². The molecule has 3 unspecified atom stereocenters. The number of hydrogen-bond donors (Lipinski definition) is 3. The highest BCUT2D eigenvalue weighted by Crippen LogP contribution is 2.15. The van der Waals surface area contributed by atoms with Gasteiger partial charge in [-0.2, -0.15) is 0 Å². The number of aryl methyl sites for hydroxylation is 1. The summed E-state index contributed by atoms with van der Waals surface area (Å²) in [7, 11) is 1.83. The molecule has 0 saturated carbocycles. The monoisotopic (exact) mass is 306 g/mol. The van der Waals surface area contributed by atoms with Gasteiger partial charge in [0.1, 0.15) is 17.7 Å². The first kappa shape index (κ1) is 14.9. The van der Waals surface area contributed by atoms with Crippen LogP contribution >= 0.6 is 0 Å². The molecule has 0 radical (unpaired) electrons. The second-order valence-corrected chi connectivity index (χ2v) is 5.39. The Labute approximate surface area is 126 Å². The van der Waals surface area contributed by atoms with Crippen molar-refractivity contribution < 1.29 is 19.7 Å². The van der Waals surface area contributed by atoms with E-state index < -0.39 is 18.3 Å². The van der Waals surface area contributed by atoms with Crippen molar-refractivity contribution in [2.45, 2.75) is 24.7 Å². The van der Waals surface area contributed by atoms with Crippen LogP contribution in [0.3, 0.4) is 0 Å². The molecule has 22 heavy (non-hydrogen) atoms. The van der Waals surface area contributed by atoms with Gasteiger partial charge in [-0.1, -0.05) is 0 Å². The minimum atomic E-state index is -0.995. The Morgan fingerprint density at radius 1 is 1.50 bits per heavy atom. The van der Waals surface area contributed by atoms with E-state index in [1.165, 1.54) is 6.20 Å². The van der Waals surface area contributed by atoms with Gasteiger partial charge in [-0.3, -0.25) is 4.79 Å². The largest absolute Gasteiger partial charge is 0.390 e. The number of aromatic nitrogens is 3. The van der Waals surface area contributed by atoms with Gasteiger partial charge >= 0.3 is 0 Å². The van der Waals surface area contributed by atoms with Crippen molar-refractivity contribution in [3.05, 3.63) is 24.2 Å². The molecule has 2 aromatic rings. The molecule has 2 aromatic heterocycles. The highest BCUT2D eigenvalue weighted by atomic mass is 16.5. The fourth-order valence-electron chi connectivity index (χ4n) is 2.47. The molecule has 1 aliphatic heterocycles. The van der Waals surface area contributed by atoms with Crippen molar-refractivity contribution in [1.82, 2.24) is 19.9 Å². The normalized spacial score (nSPS) is 25.3. The van der Waals surface area contributed by atoms with Gasteiger partial charge in [-0.05, 0) is 12.5 Å². The number of nitrogens with one attached hydrogen (secondary N) is 1. The standard InChI is InChI=1S/C14H18N4O4/c1-18-7-17-9-4-8(5-15-13(9)18)14(21)16-6-11-12(20)10(19)2-3-22-11/h4-5,7,10-12,19-20H,2-3,6H2,1H3,(H,16,21). The number of nitrogens with zero attached hydrogens (tertiary/aromatic N) is 3. The number of aliphatic hydroxyl groups is 2. The summed E-state index contributed by atoms with van der Waals surface area (Å²) in [5.41, 5.74) is 1.72. The summed E-state index contributed by atoms with van der Waals surface area (Å²) in [5.74, 6) is -0.323. The molecule has 1 saturated heterocycles. The highest BCUT2D eigenvalue weighted by molar-refractivity contribution is 5.96. The van der Waals surface area contributed by atoms with E-state index >= 15 is 0 Å². The van der Waals surface area contributed by atoms with Crippen LogP contribution in [0.25, 0.3) is 11.2 Å². The van der Waals surface area contributed by atoms with E-state index in [0.717, 1.165) is 0 Å². The molecule has 8 nitrogen and oxygen atoms in total. The van der Waals surface area contributed by atoms with Gasteiger partial charge in [0.15, 0.2) is 5.65 Å². The van der Waals surface area contributed by atoms with Crippen LogP contribution in [-0.4, -0.2) is 62.1 Å². The molecule has 3 N–H and O–H groups in total. The number of fused-ring (bicyclic) bond motifs is 1. The number of pyridine rings is 1. The lowest BCUT2D eigenvalue weighted by atomic mass is 10.0.